The molecule has 0 aliphatic heterocycles. The van der Waals surface area contributed by atoms with E-state index in [4.69, 9.17) is 4.42 Å². The molecular weight excluding hydrogens is 278 g/mol. The average molecular weight is 295 g/mol. The number of nitrogens with one attached hydrogen (secondary N) is 1. The minimum Gasteiger partial charge on any atom is -0.468 e. The van der Waals surface area contributed by atoms with Crippen molar-refractivity contribution in [2.45, 2.75) is 10.9 Å². The standard InChI is InChI=1S/C13H17N3O3S/c1-16(2)12(13-6-4-8-19-13)10-15-20(17,18)11-5-3-7-14-9-11/h3-9,12,15H,10H2,1-2H3. The molecule has 0 aliphatic carbocycles. The summed E-state index contributed by atoms with van der Waals surface area (Å²) in [5, 5.41) is 0. The number of furan rings is 1. The zero-order valence-electron chi connectivity index (χ0n) is 11.4. The van der Waals surface area contributed by atoms with Crippen LogP contribution in [0.15, 0.2) is 52.2 Å². The molecule has 0 spiro atoms. The molecule has 0 bridgehead atoms. The Hall–Kier alpha value is -1.70. The van der Waals surface area contributed by atoms with Gasteiger partial charge in [0.2, 0.25) is 10.0 Å². The number of pyridine rings is 1. The van der Waals surface area contributed by atoms with Crippen LogP contribution in [0.2, 0.25) is 0 Å². The third-order valence-corrected chi connectivity index (χ3v) is 4.32. The zero-order valence-corrected chi connectivity index (χ0v) is 12.2. The second-order valence-electron chi connectivity index (χ2n) is 4.54. The Bertz CT molecular complexity index is 624. The van der Waals surface area contributed by atoms with Gasteiger partial charge in [0.1, 0.15) is 10.7 Å². The summed E-state index contributed by atoms with van der Waals surface area (Å²) in [4.78, 5) is 5.86. The fraction of sp³-hybridized carbons (Fsp3) is 0.308. The first kappa shape index (κ1) is 14.7. The molecule has 1 atom stereocenters. The van der Waals surface area contributed by atoms with Crippen molar-refractivity contribution in [1.29, 1.82) is 0 Å². The second-order valence-corrected chi connectivity index (χ2v) is 6.30. The van der Waals surface area contributed by atoms with Crippen LogP contribution in [0.25, 0.3) is 0 Å². The fourth-order valence-electron chi connectivity index (χ4n) is 1.80. The molecule has 2 rings (SSSR count). The highest BCUT2D eigenvalue weighted by molar-refractivity contribution is 7.89. The average Bonchev–Trinajstić information content (AvgIpc) is 2.93. The minimum absolute atomic E-state index is 0.150. The van der Waals surface area contributed by atoms with Gasteiger partial charge in [-0.2, -0.15) is 0 Å². The summed E-state index contributed by atoms with van der Waals surface area (Å²) < 4.78 is 32.2. The van der Waals surface area contributed by atoms with Crippen LogP contribution < -0.4 is 4.72 Å². The molecule has 2 aromatic heterocycles. The fourth-order valence-corrected chi connectivity index (χ4v) is 2.80. The summed E-state index contributed by atoms with van der Waals surface area (Å²) in [5.74, 6) is 0.712. The van der Waals surface area contributed by atoms with E-state index in [1.54, 1.807) is 18.4 Å². The van der Waals surface area contributed by atoms with Crippen molar-refractivity contribution in [3.8, 4) is 0 Å². The normalized spacial score (nSPS) is 13.6. The first-order valence-electron chi connectivity index (χ1n) is 6.10. The summed E-state index contributed by atoms with van der Waals surface area (Å²) in [6.45, 7) is 0.220. The van der Waals surface area contributed by atoms with Crippen LogP contribution in [-0.4, -0.2) is 38.9 Å². The van der Waals surface area contributed by atoms with Crippen LogP contribution in [0.3, 0.4) is 0 Å². The maximum atomic E-state index is 12.1. The molecule has 2 heterocycles. The van der Waals surface area contributed by atoms with E-state index in [-0.39, 0.29) is 17.5 Å². The Labute approximate surface area is 118 Å². The van der Waals surface area contributed by atoms with E-state index in [0.717, 1.165) is 0 Å². The molecule has 0 aromatic carbocycles. The molecule has 6 nitrogen and oxygen atoms in total. The van der Waals surface area contributed by atoms with Gasteiger partial charge in [0, 0.05) is 18.9 Å². The number of likely N-dealkylation sites (N-methyl/N-ethyl adjacent to an activating group) is 1. The van der Waals surface area contributed by atoms with Crippen LogP contribution in [-0.2, 0) is 10.0 Å². The summed E-state index contributed by atoms with van der Waals surface area (Å²) >= 11 is 0. The van der Waals surface area contributed by atoms with E-state index in [1.807, 2.05) is 25.1 Å². The van der Waals surface area contributed by atoms with Gasteiger partial charge in [-0.25, -0.2) is 13.1 Å². The predicted molar refractivity (Wildman–Crippen MR) is 74.6 cm³/mol. The smallest absolute Gasteiger partial charge is 0.242 e. The van der Waals surface area contributed by atoms with Crippen molar-refractivity contribution in [2.24, 2.45) is 0 Å². The Morgan fingerprint density at radius 1 is 1.35 bits per heavy atom. The molecule has 2 aromatic rings. The number of sulfonamides is 1. The van der Waals surface area contributed by atoms with Gasteiger partial charge < -0.3 is 4.42 Å². The van der Waals surface area contributed by atoms with E-state index in [9.17, 15) is 8.42 Å². The van der Waals surface area contributed by atoms with Gasteiger partial charge in [-0.3, -0.25) is 9.88 Å². The highest BCUT2D eigenvalue weighted by Crippen LogP contribution is 2.18. The van der Waals surface area contributed by atoms with Crippen molar-refractivity contribution < 1.29 is 12.8 Å². The number of rotatable bonds is 6. The van der Waals surface area contributed by atoms with Gasteiger partial charge in [0.15, 0.2) is 0 Å². The van der Waals surface area contributed by atoms with Gasteiger partial charge in [-0.15, -0.1) is 0 Å². The van der Waals surface area contributed by atoms with E-state index in [1.165, 1.54) is 18.5 Å². The van der Waals surface area contributed by atoms with E-state index < -0.39 is 10.0 Å². The summed E-state index contributed by atoms with van der Waals surface area (Å²) in [7, 11) is 0.172. The molecule has 1 N–H and O–H groups in total. The van der Waals surface area contributed by atoms with E-state index in [0.29, 0.717) is 5.76 Å². The second kappa shape index (κ2) is 6.17. The number of nitrogens with zero attached hydrogens (tertiary/aromatic N) is 2. The molecule has 0 aliphatic rings. The SMILES string of the molecule is CN(C)C(CNS(=O)(=O)c1cccnc1)c1ccco1. The third kappa shape index (κ3) is 3.44. The third-order valence-electron chi connectivity index (χ3n) is 2.91. The zero-order chi connectivity index (χ0) is 14.6. The van der Waals surface area contributed by atoms with Crippen LogP contribution >= 0.6 is 0 Å². The molecule has 0 radical (unpaired) electrons. The Morgan fingerprint density at radius 3 is 2.70 bits per heavy atom. The number of hydrogen-bond acceptors (Lipinski definition) is 5. The molecule has 0 saturated heterocycles. The minimum atomic E-state index is -3.56. The molecule has 0 saturated carbocycles. The first-order valence-corrected chi connectivity index (χ1v) is 7.58. The Balaban J connectivity index is 2.10. The topological polar surface area (TPSA) is 75.4 Å². The Kier molecular flexibility index (Phi) is 4.53. The molecule has 108 valence electrons. The molecule has 0 amide bonds. The summed E-state index contributed by atoms with van der Waals surface area (Å²) in [6.07, 6.45) is 4.42. The lowest BCUT2D eigenvalue weighted by Gasteiger charge is -2.22. The largest absolute Gasteiger partial charge is 0.468 e. The van der Waals surface area contributed by atoms with Gasteiger partial charge >= 0.3 is 0 Å². The maximum Gasteiger partial charge on any atom is 0.242 e. The van der Waals surface area contributed by atoms with Crippen molar-refractivity contribution in [3.63, 3.8) is 0 Å². The van der Waals surface area contributed by atoms with Crippen LogP contribution in [0.5, 0.6) is 0 Å². The predicted octanol–water partition coefficient (Wildman–Crippen LogP) is 1.26. The maximum absolute atomic E-state index is 12.1. The van der Waals surface area contributed by atoms with Crippen molar-refractivity contribution in [3.05, 3.63) is 48.7 Å². The van der Waals surface area contributed by atoms with Crippen LogP contribution in [0.1, 0.15) is 11.8 Å². The molecule has 0 fully saturated rings. The van der Waals surface area contributed by atoms with E-state index in [2.05, 4.69) is 9.71 Å². The number of aromatic nitrogens is 1. The lowest BCUT2D eigenvalue weighted by molar-refractivity contribution is 0.259. The van der Waals surface area contributed by atoms with Crippen molar-refractivity contribution in [1.82, 2.24) is 14.6 Å². The summed E-state index contributed by atoms with van der Waals surface area (Å²) in [5.41, 5.74) is 0. The highest BCUT2D eigenvalue weighted by Gasteiger charge is 2.21. The van der Waals surface area contributed by atoms with Crippen molar-refractivity contribution in [2.75, 3.05) is 20.6 Å². The molecule has 1 unspecified atom stereocenters. The highest BCUT2D eigenvalue weighted by atomic mass is 32.2. The molecule has 7 heteroatoms. The van der Waals surface area contributed by atoms with E-state index >= 15 is 0 Å². The van der Waals surface area contributed by atoms with Gasteiger partial charge in [-0.05, 0) is 38.4 Å². The van der Waals surface area contributed by atoms with Crippen LogP contribution in [0.4, 0.5) is 0 Å². The monoisotopic (exact) mass is 295 g/mol. The lowest BCUT2D eigenvalue weighted by Crippen LogP contribution is -2.34. The lowest BCUT2D eigenvalue weighted by atomic mass is 10.2. The Morgan fingerprint density at radius 2 is 2.15 bits per heavy atom. The first-order chi connectivity index (χ1) is 9.50. The molecule has 20 heavy (non-hydrogen) atoms. The quantitative estimate of drug-likeness (QED) is 0.868. The van der Waals surface area contributed by atoms with Crippen molar-refractivity contribution >= 4 is 10.0 Å². The van der Waals surface area contributed by atoms with Gasteiger partial charge in [0.25, 0.3) is 0 Å². The van der Waals surface area contributed by atoms with Gasteiger partial charge in [-0.1, -0.05) is 0 Å². The number of hydrogen-bond donors (Lipinski definition) is 1. The molecular formula is C13H17N3O3S. The van der Waals surface area contributed by atoms with Gasteiger partial charge in [0.05, 0.1) is 12.3 Å². The van der Waals surface area contributed by atoms with Crippen LogP contribution in [0, 0.1) is 0 Å². The summed E-state index contributed by atoms with van der Waals surface area (Å²) in [6, 6.07) is 6.53.